The van der Waals surface area contributed by atoms with Crippen LogP contribution in [0, 0.1) is 0 Å². The first kappa shape index (κ1) is 19.5. The molecule has 0 saturated heterocycles. The van der Waals surface area contributed by atoms with Crippen LogP contribution in [0.4, 0.5) is 0 Å². The number of nitrogens with one attached hydrogen (secondary N) is 1. The summed E-state index contributed by atoms with van der Waals surface area (Å²) in [5.41, 5.74) is 1.88. The van der Waals surface area contributed by atoms with E-state index >= 15 is 0 Å². The van der Waals surface area contributed by atoms with Gasteiger partial charge in [0.2, 0.25) is 11.8 Å². The molecule has 1 atom stereocenters. The zero-order valence-corrected chi connectivity index (χ0v) is 16.5. The van der Waals surface area contributed by atoms with Gasteiger partial charge in [-0.15, -0.1) is 0 Å². The lowest BCUT2D eigenvalue weighted by Crippen LogP contribution is -2.33. The maximum atomic E-state index is 12.6. The van der Waals surface area contributed by atoms with Gasteiger partial charge in [0.15, 0.2) is 0 Å². The number of benzene rings is 2. The molecule has 132 valence electrons. The second kappa shape index (κ2) is 9.02. The average molecular weight is 424 g/mol. The molecular formula is C19H20BrClN2O2. The van der Waals surface area contributed by atoms with Gasteiger partial charge in [-0.2, -0.15) is 0 Å². The lowest BCUT2D eigenvalue weighted by molar-refractivity contribution is -0.131. The van der Waals surface area contributed by atoms with Crippen molar-refractivity contribution in [3.63, 3.8) is 0 Å². The molecule has 25 heavy (non-hydrogen) atoms. The normalized spacial score (nSPS) is 11.7. The van der Waals surface area contributed by atoms with Gasteiger partial charge >= 0.3 is 0 Å². The molecule has 6 heteroatoms. The molecule has 0 heterocycles. The first-order chi connectivity index (χ1) is 11.9. The largest absolute Gasteiger partial charge is 0.349 e. The van der Waals surface area contributed by atoms with Crippen LogP contribution in [0.3, 0.4) is 0 Å². The van der Waals surface area contributed by atoms with Crippen molar-refractivity contribution < 1.29 is 9.59 Å². The molecule has 4 nitrogen and oxygen atoms in total. The van der Waals surface area contributed by atoms with Crippen LogP contribution in [0.15, 0.2) is 53.0 Å². The number of hydrogen-bond donors (Lipinski definition) is 1. The van der Waals surface area contributed by atoms with E-state index in [1.807, 2.05) is 36.4 Å². The van der Waals surface area contributed by atoms with Gasteiger partial charge < -0.3 is 10.2 Å². The van der Waals surface area contributed by atoms with Gasteiger partial charge in [0.25, 0.3) is 0 Å². The Labute approximate surface area is 161 Å². The van der Waals surface area contributed by atoms with Gasteiger partial charge in [-0.3, -0.25) is 9.59 Å². The van der Waals surface area contributed by atoms with Gasteiger partial charge in [-0.1, -0.05) is 57.9 Å². The highest BCUT2D eigenvalue weighted by molar-refractivity contribution is 9.10. The van der Waals surface area contributed by atoms with E-state index in [0.29, 0.717) is 11.6 Å². The second-order valence-corrected chi connectivity index (χ2v) is 7.14. The predicted octanol–water partition coefficient (Wildman–Crippen LogP) is 4.33. The summed E-state index contributed by atoms with van der Waals surface area (Å²) in [7, 11) is 1.76. The van der Waals surface area contributed by atoms with Crippen molar-refractivity contribution in [2.45, 2.75) is 25.9 Å². The quantitative estimate of drug-likeness (QED) is 0.752. The van der Waals surface area contributed by atoms with E-state index in [-0.39, 0.29) is 24.3 Å². The third-order valence-electron chi connectivity index (χ3n) is 3.82. The fourth-order valence-corrected chi connectivity index (χ4v) is 3.03. The Morgan fingerprint density at radius 3 is 2.40 bits per heavy atom. The van der Waals surface area contributed by atoms with Gasteiger partial charge in [0.1, 0.15) is 0 Å². The van der Waals surface area contributed by atoms with Gasteiger partial charge in [-0.05, 0) is 29.3 Å². The van der Waals surface area contributed by atoms with E-state index in [9.17, 15) is 9.59 Å². The summed E-state index contributed by atoms with van der Waals surface area (Å²) in [4.78, 5) is 25.8. The van der Waals surface area contributed by atoms with E-state index in [0.717, 1.165) is 15.6 Å². The lowest BCUT2D eigenvalue weighted by Gasteiger charge is -2.23. The minimum Gasteiger partial charge on any atom is -0.349 e. The number of carbonyl (C=O) groups is 2. The maximum absolute atomic E-state index is 12.6. The zero-order valence-electron chi connectivity index (χ0n) is 14.1. The van der Waals surface area contributed by atoms with E-state index in [1.54, 1.807) is 24.1 Å². The smallest absolute Gasteiger partial charge is 0.225 e. The highest BCUT2D eigenvalue weighted by Crippen LogP contribution is 2.22. The molecule has 2 amide bonds. The number of halogens is 2. The molecule has 0 bridgehead atoms. The van der Waals surface area contributed by atoms with Crippen molar-refractivity contribution in [3.8, 4) is 0 Å². The van der Waals surface area contributed by atoms with Crippen LogP contribution < -0.4 is 5.32 Å². The van der Waals surface area contributed by atoms with Crippen LogP contribution in [-0.4, -0.2) is 23.8 Å². The molecule has 0 aliphatic carbocycles. The van der Waals surface area contributed by atoms with Crippen LogP contribution >= 0.6 is 27.5 Å². The van der Waals surface area contributed by atoms with Crippen LogP contribution in [0.2, 0.25) is 5.02 Å². The van der Waals surface area contributed by atoms with Crippen LogP contribution in [0.5, 0.6) is 0 Å². The first-order valence-corrected chi connectivity index (χ1v) is 9.04. The van der Waals surface area contributed by atoms with E-state index in [2.05, 4.69) is 21.2 Å². The van der Waals surface area contributed by atoms with E-state index in [1.165, 1.54) is 6.92 Å². The molecular weight excluding hydrogens is 404 g/mol. The summed E-state index contributed by atoms with van der Waals surface area (Å²) in [5, 5.41) is 3.45. The van der Waals surface area contributed by atoms with Crippen molar-refractivity contribution in [1.82, 2.24) is 10.2 Å². The Morgan fingerprint density at radius 1 is 1.16 bits per heavy atom. The van der Waals surface area contributed by atoms with Crippen LogP contribution in [-0.2, 0) is 16.1 Å². The third kappa shape index (κ3) is 5.87. The summed E-state index contributed by atoms with van der Waals surface area (Å²) in [6.07, 6.45) is 0.183. The van der Waals surface area contributed by atoms with Crippen molar-refractivity contribution in [2.24, 2.45) is 0 Å². The SMILES string of the molecule is CC(=O)NC(CC(=O)N(C)Cc1ccccc1Br)c1ccc(Cl)cc1. The summed E-state index contributed by atoms with van der Waals surface area (Å²) in [5.74, 6) is -0.231. The molecule has 2 aromatic rings. The Kier molecular flexibility index (Phi) is 7.02. The van der Waals surface area contributed by atoms with Gasteiger partial charge in [0.05, 0.1) is 12.5 Å². The molecule has 0 spiro atoms. The summed E-state index contributed by atoms with van der Waals surface area (Å²) < 4.78 is 0.964. The minimum atomic E-state index is -0.385. The number of nitrogens with zero attached hydrogens (tertiary/aromatic N) is 1. The first-order valence-electron chi connectivity index (χ1n) is 7.86. The topological polar surface area (TPSA) is 49.4 Å². The third-order valence-corrected chi connectivity index (χ3v) is 4.85. The fourth-order valence-electron chi connectivity index (χ4n) is 2.49. The number of amides is 2. The molecule has 0 aliphatic heterocycles. The highest BCUT2D eigenvalue weighted by Gasteiger charge is 2.20. The molecule has 2 aromatic carbocycles. The summed E-state index contributed by atoms with van der Waals surface area (Å²) in [6.45, 7) is 1.94. The molecule has 1 N–H and O–H groups in total. The second-order valence-electron chi connectivity index (χ2n) is 5.85. The highest BCUT2D eigenvalue weighted by atomic mass is 79.9. The van der Waals surface area contributed by atoms with Crippen molar-refractivity contribution in [2.75, 3.05) is 7.05 Å². The molecule has 0 aromatic heterocycles. The zero-order chi connectivity index (χ0) is 18.4. The van der Waals surface area contributed by atoms with E-state index < -0.39 is 0 Å². The molecule has 1 unspecified atom stereocenters. The fraction of sp³-hybridized carbons (Fsp3) is 0.263. The van der Waals surface area contributed by atoms with Gasteiger partial charge in [-0.25, -0.2) is 0 Å². The Morgan fingerprint density at radius 2 is 1.80 bits per heavy atom. The van der Waals surface area contributed by atoms with Crippen molar-refractivity contribution >= 4 is 39.3 Å². The summed E-state index contributed by atoms with van der Waals surface area (Å²) >= 11 is 9.41. The van der Waals surface area contributed by atoms with Crippen molar-refractivity contribution in [1.29, 1.82) is 0 Å². The minimum absolute atomic E-state index is 0.0514. The number of hydrogen-bond acceptors (Lipinski definition) is 2. The standard InChI is InChI=1S/C19H20BrClN2O2/c1-13(24)22-18(14-7-9-16(21)10-8-14)11-19(25)23(2)12-15-5-3-4-6-17(15)20/h3-10,18H,11-12H2,1-2H3,(H,22,24). The Balaban J connectivity index is 2.09. The van der Waals surface area contributed by atoms with Crippen molar-refractivity contribution in [3.05, 3.63) is 69.2 Å². The monoisotopic (exact) mass is 422 g/mol. The van der Waals surface area contributed by atoms with Gasteiger partial charge in [0, 0.05) is 30.0 Å². The van der Waals surface area contributed by atoms with Crippen LogP contribution in [0.25, 0.3) is 0 Å². The van der Waals surface area contributed by atoms with E-state index in [4.69, 9.17) is 11.6 Å². The average Bonchev–Trinajstić information content (AvgIpc) is 2.56. The molecule has 0 radical (unpaired) electrons. The molecule has 0 aliphatic rings. The Bertz CT molecular complexity index is 749. The predicted molar refractivity (Wildman–Crippen MR) is 103 cm³/mol. The van der Waals surface area contributed by atoms with Crippen LogP contribution in [0.1, 0.15) is 30.5 Å². The Hall–Kier alpha value is -1.85. The molecule has 2 rings (SSSR count). The maximum Gasteiger partial charge on any atom is 0.225 e. The number of carbonyl (C=O) groups excluding carboxylic acids is 2. The number of rotatable bonds is 6. The lowest BCUT2D eigenvalue weighted by atomic mass is 10.0. The summed E-state index contributed by atoms with van der Waals surface area (Å²) in [6, 6.07) is 14.6. The molecule has 0 saturated carbocycles. The molecule has 0 fully saturated rings.